The molecule has 43 heavy (non-hydrogen) atoms. The average Bonchev–Trinajstić information content (AvgIpc) is 3.73. The van der Waals surface area contributed by atoms with Crippen molar-refractivity contribution in [3.8, 4) is 33.4 Å². The molecule has 0 amide bonds. The quantitative estimate of drug-likeness (QED) is 0.192. The molecular formula is C42H26O. The fourth-order valence-electron chi connectivity index (χ4n) is 5.05. The summed E-state index contributed by atoms with van der Waals surface area (Å²) in [5, 5.41) is -5.09. The Labute approximate surface area is 285 Å². The molecule has 1 heterocycles. The molecule has 8 aromatic carbocycles. The minimum atomic E-state index is -1.03. The summed E-state index contributed by atoms with van der Waals surface area (Å²) < 4.78 is 237. The van der Waals surface area contributed by atoms with E-state index in [2.05, 4.69) is 0 Å². The molecule has 0 saturated heterocycles. The number of benzene rings is 8. The van der Waals surface area contributed by atoms with Gasteiger partial charge in [-0.2, -0.15) is 0 Å². The molecule has 9 rings (SSSR count). The van der Waals surface area contributed by atoms with E-state index in [0.717, 1.165) is 0 Å². The maximum atomic E-state index is 9.64. The highest BCUT2D eigenvalue weighted by Gasteiger charge is 2.18. The van der Waals surface area contributed by atoms with Crippen LogP contribution in [0.5, 0.6) is 0 Å². The van der Waals surface area contributed by atoms with Crippen LogP contribution in [-0.2, 0) is 0 Å². The summed E-state index contributed by atoms with van der Waals surface area (Å²) >= 11 is 0. The van der Waals surface area contributed by atoms with Crippen LogP contribution in [0, 0.1) is 0 Å². The molecule has 0 bridgehead atoms. The number of para-hydroxylation sites is 1. The third kappa shape index (κ3) is 3.79. The molecule has 1 heteroatoms. The summed E-state index contributed by atoms with van der Waals surface area (Å²) in [5.41, 5.74) is -5.36. The molecule has 0 unspecified atom stereocenters. The van der Waals surface area contributed by atoms with Crippen LogP contribution in [0.4, 0.5) is 0 Å². The van der Waals surface area contributed by atoms with E-state index in [4.69, 9.17) is 26.3 Å². The normalized spacial score (nSPS) is 20.2. The predicted octanol–water partition coefficient (Wildman–Crippen LogP) is 12.0. The third-order valence-electron chi connectivity index (χ3n) is 6.89. The lowest BCUT2D eigenvalue weighted by Gasteiger charge is -2.18. The van der Waals surface area contributed by atoms with E-state index in [1.807, 2.05) is 0 Å². The molecule has 0 radical (unpaired) electrons. The molecule has 0 spiro atoms. The standard InChI is InChI=1S/C42H26O/c1-2-10-27(11-3-1)28-18-19-30-25-31(21-20-29(30)24-28)41-34-13-4-6-15-36(34)42(37-16-7-5-14-35(37)41)32-22-23-40-38(26-32)33-12-8-9-17-39(33)43-40/h1-26H/i1D,2D,3D,4D,5D,6D,7D,8D,9D,10D,11D,12D,13D,14D,15D,16D,17D,18D,19D,20D,21D,22D,23D,24D,25D,26D. The molecule has 0 aliphatic heterocycles. The smallest absolute Gasteiger partial charge is 0.135 e. The van der Waals surface area contributed by atoms with Crippen molar-refractivity contribution in [3.05, 3.63) is 157 Å². The summed E-state index contributed by atoms with van der Waals surface area (Å²) in [6.07, 6.45) is 0. The van der Waals surface area contributed by atoms with Crippen LogP contribution in [0.2, 0.25) is 0 Å². The topological polar surface area (TPSA) is 13.1 Å². The second-order valence-electron chi connectivity index (χ2n) is 9.26. The van der Waals surface area contributed by atoms with Gasteiger partial charge in [-0.3, -0.25) is 0 Å². The Morgan fingerprint density at radius 3 is 1.44 bits per heavy atom. The van der Waals surface area contributed by atoms with E-state index in [1.54, 1.807) is 0 Å². The van der Waals surface area contributed by atoms with Crippen molar-refractivity contribution in [3.63, 3.8) is 0 Å². The van der Waals surface area contributed by atoms with E-state index >= 15 is 0 Å². The van der Waals surface area contributed by atoms with Gasteiger partial charge in [-0.25, -0.2) is 0 Å². The summed E-state index contributed by atoms with van der Waals surface area (Å²) in [6.45, 7) is 0. The molecular weight excluding hydrogens is 520 g/mol. The summed E-state index contributed by atoms with van der Waals surface area (Å²) in [7, 11) is 0. The van der Waals surface area contributed by atoms with Gasteiger partial charge in [-0.15, -0.1) is 0 Å². The second kappa shape index (κ2) is 9.44. The van der Waals surface area contributed by atoms with Crippen molar-refractivity contribution in [2.24, 2.45) is 0 Å². The lowest BCUT2D eigenvalue weighted by molar-refractivity contribution is 0.669. The Kier molecular flexibility index (Phi) is 2.13. The Morgan fingerprint density at radius 2 is 0.791 bits per heavy atom. The van der Waals surface area contributed by atoms with Crippen LogP contribution in [-0.4, -0.2) is 0 Å². The number of rotatable bonds is 3. The van der Waals surface area contributed by atoms with Crippen LogP contribution in [0.15, 0.2) is 162 Å². The molecule has 9 aromatic rings. The first kappa shape index (κ1) is 9.69. The van der Waals surface area contributed by atoms with Crippen LogP contribution in [0.25, 0.3) is 87.6 Å². The Hall–Kier alpha value is -5.66. The highest BCUT2D eigenvalue weighted by atomic mass is 16.3. The van der Waals surface area contributed by atoms with Crippen LogP contribution in [0.3, 0.4) is 0 Å². The van der Waals surface area contributed by atoms with Crippen molar-refractivity contribution in [1.29, 1.82) is 0 Å². The van der Waals surface area contributed by atoms with Gasteiger partial charge in [-0.05, 0) is 95.9 Å². The van der Waals surface area contributed by atoms with Gasteiger partial charge < -0.3 is 4.42 Å². The molecule has 0 N–H and O–H groups in total. The Morgan fingerprint density at radius 1 is 0.326 bits per heavy atom. The third-order valence-corrected chi connectivity index (χ3v) is 6.89. The molecule has 0 fully saturated rings. The number of hydrogen-bond acceptors (Lipinski definition) is 1. The highest BCUT2D eigenvalue weighted by Crippen LogP contribution is 2.45. The van der Waals surface area contributed by atoms with E-state index in [1.165, 1.54) is 0 Å². The number of furan rings is 1. The van der Waals surface area contributed by atoms with Gasteiger partial charge in [0, 0.05) is 10.8 Å². The van der Waals surface area contributed by atoms with Gasteiger partial charge in [0.05, 0.1) is 35.6 Å². The first-order valence-electron chi connectivity index (χ1n) is 25.7. The zero-order chi connectivity index (χ0) is 51.0. The average molecular weight is 573 g/mol. The van der Waals surface area contributed by atoms with Gasteiger partial charge >= 0.3 is 0 Å². The minimum Gasteiger partial charge on any atom is -0.456 e. The highest BCUT2D eigenvalue weighted by molar-refractivity contribution is 6.22. The zero-order valence-electron chi connectivity index (χ0n) is 47.4. The van der Waals surface area contributed by atoms with Gasteiger partial charge in [0.1, 0.15) is 11.2 Å². The fraction of sp³-hybridized carbons (Fsp3) is 0. The van der Waals surface area contributed by atoms with E-state index in [-0.39, 0.29) is 0 Å². The first-order chi connectivity index (χ1) is 32.2. The Bertz CT molecular complexity index is 3860. The number of fused-ring (bicyclic) bond motifs is 6. The van der Waals surface area contributed by atoms with Gasteiger partial charge in [0.25, 0.3) is 0 Å². The van der Waals surface area contributed by atoms with Crippen molar-refractivity contribution in [2.75, 3.05) is 0 Å². The maximum absolute atomic E-state index is 9.64. The van der Waals surface area contributed by atoms with Crippen molar-refractivity contribution in [2.45, 2.75) is 0 Å². The van der Waals surface area contributed by atoms with Crippen LogP contribution >= 0.6 is 0 Å². The van der Waals surface area contributed by atoms with E-state index < -0.39 is 245 Å². The lowest BCUT2D eigenvalue weighted by Crippen LogP contribution is -1.91. The fourth-order valence-corrected chi connectivity index (χ4v) is 5.05. The van der Waals surface area contributed by atoms with E-state index in [9.17, 15) is 13.7 Å². The Balaban J connectivity index is 1.56. The maximum Gasteiger partial charge on any atom is 0.135 e. The van der Waals surface area contributed by atoms with Crippen molar-refractivity contribution >= 4 is 54.3 Å². The molecule has 1 nitrogen and oxygen atoms in total. The van der Waals surface area contributed by atoms with Crippen molar-refractivity contribution in [1.82, 2.24) is 0 Å². The molecule has 200 valence electrons. The summed E-state index contributed by atoms with van der Waals surface area (Å²) in [6, 6.07) is -23.3. The largest absolute Gasteiger partial charge is 0.456 e. The van der Waals surface area contributed by atoms with Gasteiger partial charge in [0.2, 0.25) is 0 Å². The zero-order valence-corrected chi connectivity index (χ0v) is 21.4. The predicted molar refractivity (Wildman–Crippen MR) is 183 cm³/mol. The molecule has 1 aromatic heterocycles. The lowest BCUT2D eigenvalue weighted by atomic mass is 9.85. The molecule has 0 aliphatic rings. The molecule has 0 atom stereocenters. The minimum absolute atomic E-state index is 0.412. The van der Waals surface area contributed by atoms with Crippen LogP contribution < -0.4 is 0 Å². The summed E-state index contributed by atoms with van der Waals surface area (Å²) in [5.74, 6) is 0. The molecule has 0 aliphatic carbocycles. The first-order valence-corrected chi connectivity index (χ1v) is 12.7. The SMILES string of the molecule is [2H]c1c([2H])c([2H])c(-c2c([2H])c([2H])c3c([2H])c(-c4c5c([2H])c([2H])c([2H])c([2H])c5c(-c5c([2H])c([2H])c6oc7c([2H])c([2H])c([2H])c([2H])c7c6c5[2H])c5c([2H])c([2H])c([2H])c([2H])c45)c([2H])c([2H])c3c2[2H])c([2H])c1[2H]. The van der Waals surface area contributed by atoms with Gasteiger partial charge in [-0.1, -0.05) is 127 Å². The molecule has 0 saturated carbocycles. The number of hydrogen-bond donors (Lipinski definition) is 0. The van der Waals surface area contributed by atoms with Crippen molar-refractivity contribution < 1.29 is 40.1 Å². The van der Waals surface area contributed by atoms with Crippen LogP contribution in [0.1, 0.15) is 35.6 Å². The summed E-state index contributed by atoms with van der Waals surface area (Å²) in [4.78, 5) is 0. The monoisotopic (exact) mass is 572 g/mol. The second-order valence-corrected chi connectivity index (χ2v) is 9.26. The van der Waals surface area contributed by atoms with E-state index in [0.29, 0.717) is 0 Å². The van der Waals surface area contributed by atoms with Gasteiger partial charge in [0.15, 0.2) is 0 Å².